The van der Waals surface area contributed by atoms with E-state index in [2.05, 4.69) is 29.6 Å². The van der Waals surface area contributed by atoms with E-state index in [4.69, 9.17) is 4.74 Å². The van der Waals surface area contributed by atoms with Crippen LogP contribution in [0.2, 0.25) is 0 Å². The Morgan fingerprint density at radius 3 is 2.60 bits per heavy atom. The molecule has 0 unspecified atom stereocenters. The minimum Gasteiger partial charge on any atom is -0.378 e. The summed E-state index contributed by atoms with van der Waals surface area (Å²) < 4.78 is 5.25. The lowest BCUT2D eigenvalue weighted by Gasteiger charge is -2.27. The Kier molecular flexibility index (Phi) is 6.45. The molecule has 1 aromatic carbocycles. The summed E-state index contributed by atoms with van der Waals surface area (Å²) >= 11 is 0. The lowest BCUT2D eigenvalue weighted by molar-refractivity contribution is -0.137. The molecular weight excluding hydrogens is 316 g/mol. The molecule has 1 heterocycles. The van der Waals surface area contributed by atoms with Gasteiger partial charge in [-0.1, -0.05) is 36.8 Å². The predicted molar refractivity (Wildman–Crippen MR) is 96.1 cm³/mol. The van der Waals surface area contributed by atoms with Gasteiger partial charge in [0.2, 0.25) is 11.8 Å². The molecule has 25 heavy (non-hydrogen) atoms. The van der Waals surface area contributed by atoms with E-state index in [1.165, 1.54) is 5.56 Å². The molecule has 0 aromatic heterocycles. The average molecular weight is 344 g/mol. The summed E-state index contributed by atoms with van der Waals surface area (Å²) in [6.07, 6.45) is 4.95. The van der Waals surface area contributed by atoms with E-state index in [-0.39, 0.29) is 24.3 Å². The van der Waals surface area contributed by atoms with Gasteiger partial charge < -0.3 is 15.0 Å². The fraction of sp³-hybridized carbons (Fsp3) is 0.600. The first-order valence-corrected chi connectivity index (χ1v) is 9.41. The molecule has 1 aromatic rings. The summed E-state index contributed by atoms with van der Waals surface area (Å²) in [4.78, 5) is 26.2. The van der Waals surface area contributed by atoms with E-state index in [0.29, 0.717) is 38.6 Å². The van der Waals surface area contributed by atoms with Crippen LogP contribution in [0.3, 0.4) is 0 Å². The van der Waals surface area contributed by atoms with E-state index in [1.54, 1.807) is 4.90 Å². The Morgan fingerprint density at radius 1 is 1.08 bits per heavy atom. The van der Waals surface area contributed by atoms with Gasteiger partial charge in [0.15, 0.2) is 0 Å². The summed E-state index contributed by atoms with van der Waals surface area (Å²) in [7, 11) is 0. The van der Waals surface area contributed by atoms with Gasteiger partial charge in [-0.15, -0.1) is 0 Å². The Hall–Kier alpha value is -1.88. The SMILES string of the molecule is O=C(CCC(=O)N1CCOCC1)N[C@@H]1CCC[C@@H]1Cc1ccccc1. The molecule has 5 nitrogen and oxygen atoms in total. The van der Waals surface area contributed by atoms with Crippen LogP contribution in [0, 0.1) is 5.92 Å². The molecule has 3 rings (SSSR count). The van der Waals surface area contributed by atoms with Gasteiger partial charge in [-0.25, -0.2) is 0 Å². The molecule has 2 fully saturated rings. The number of benzene rings is 1. The number of nitrogens with one attached hydrogen (secondary N) is 1. The molecule has 0 spiro atoms. The van der Waals surface area contributed by atoms with E-state index in [1.807, 2.05) is 6.07 Å². The summed E-state index contributed by atoms with van der Waals surface area (Å²) in [6.45, 7) is 2.48. The number of carbonyl (C=O) groups is 2. The Balaban J connectivity index is 1.42. The van der Waals surface area contributed by atoms with E-state index >= 15 is 0 Å². The van der Waals surface area contributed by atoms with E-state index in [9.17, 15) is 9.59 Å². The topological polar surface area (TPSA) is 58.6 Å². The number of hydrogen-bond acceptors (Lipinski definition) is 3. The standard InChI is InChI=1S/C20H28N2O3/c23-19(9-10-20(24)22-11-13-25-14-12-22)21-18-8-4-7-17(18)15-16-5-2-1-3-6-16/h1-3,5-6,17-18H,4,7-15H2,(H,21,23)/t17-,18-/m1/s1. The average Bonchev–Trinajstić information content (AvgIpc) is 3.08. The van der Waals surface area contributed by atoms with Crippen molar-refractivity contribution in [3.63, 3.8) is 0 Å². The molecule has 1 aliphatic carbocycles. The number of ether oxygens (including phenoxy) is 1. The zero-order valence-electron chi connectivity index (χ0n) is 14.8. The molecule has 1 saturated carbocycles. The molecule has 5 heteroatoms. The zero-order chi connectivity index (χ0) is 17.5. The zero-order valence-corrected chi connectivity index (χ0v) is 14.8. The smallest absolute Gasteiger partial charge is 0.223 e. The minimum absolute atomic E-state index is 0.00608. The van der Waals surface area contributed by atoms with Crippen LogP contribution in [0.4, 0.5) is 0 Å². The maximum Gasteiger partial charge on any atom is 0.223 e. The summed E-state index contributed by atoms with van der Waals surface area (Å²) in [5.74, 6) is 0.568. The number of morpholine rings is 1. The maximum absolute atomic E-state index is 12.3. The molecule has 2 amide bonds. The van der Waals surface area contributed by atoms with Gasteiger partial charge in [0, 0.05) is 32.0 Å². The van der Waals surface area contributed by atoms with Crippen molar-refractivity contribution in [2.75, 3.05) is 26.3 Å². The highest BCUT2D eigenvalue weighted by molar-refractivity contribution is 5.84. The second-order valence-electron chi connectivity index (χ2n) is 7.05. The van der Waals surface area contributed by atoms with Gasteiger partial charge in [-0.3, -0.25) is 9.59 Å². The summed E-state index contributed by atoms with van der Waals surface area (Å²) in [5, 5.41) is 3.17. The van der Waals surface area contributed by atoms with Crippen molar-refractivity contribution in [1.82, 2.24) is 10.2 Å². The van der Waals surface area contributed by atoms with Crippen molar-refractivity contribution in [3.8, 4) is 0 Å². The molecule has 1 aliphatic heterocycles. The van der Waals surface area contributed by atoms with Crippen LogP contribution in [0.5, 0.6) is 0 Å². The van der Waals surface area contributed by atoms with Crippen LogP contribution in [0.25, 0.3) is 0 Å². The van der Waals surface area contributed by atoms with Crippen LogP contribution in [-0.2, 0) is 20.7 Å². The quantitative estimate of drug-likeness (QED) is 0.860. The van der Waals surface area contributed by atoms with Gasteiger partial charge in [-0.2, -0.15) is 0 Å². The lowest BCUT2D eigenvalue weighted by Crippen LogP contribution is -2.42. The van der Waals surface area contributed by atoms with Crippen LogP contribution in [-0.4, -0.2) is 49.1 Å². The molecular formula is C20H28N2O3. The monoisotopic (exact) mass is 344 g/mol. The van der Waals surface area contributed by atoms with Gasteiger partial charge in [0.25, 0.3) is 0 Å². The third-order valence-electron chi connectivity index (χ3n) is 5.28. The largest absolute Gasteiger partial charge is 0.378 e. The van der Waals surface area contributed by atoms with E-state index in [0.717, 1.165) is 25.7 Å². The predicted octanol–water partition coefficient (Wildman–Crippen LogP) is 2.15. The van der Waals surface area contributed by atoms with Gasteiger partial charge in [0.05, 0.1) is 13.2 Å². The van der Waals surface area contributed by atoms with Crippen molar-refractivity contribution in [2.24, 2.45) is 5.92 Å². The van der Waals surface area contributed by atoms with E-state index < -0.39 is 0 Å². The molecule has 2 aliphatic rings. The Labute approximate surface area is 149 Å². The summed E-state index contributed by atoms with van der Waals surface area (Å²) in [6, 6.07) is 10.7. The van der Waals surface area contributed by atoms with Crippen molar-refractivity contribution < 1.29 is 14.3 Å². The van der Waals surface area contributed by atoms with Crippen molar-refractivity contribution in [3.05, 3.63) is 35.9 Å². The van der Waals surface area contributed by atoms with Crippen molar-refractivity contribution >= 4 is 11.8 Å². The molecule has 136 valence electrons. The normalized spacial score (nSPS) is 23.4. The number of carbonyl (C=O) groups excluding carboxylic acids is 2. The highest BCUT2D eigenvalue weighted by Gasteiger charge is 2.28. The van der Waals surface area contributed by atoms with Gasteiger partial charge >= 0.3 is 0 Å². The van der Waals surface area contributed by atoms with Crippen LogP contribution >= 0.6 is 0 Å². The fourth-order valence-electron chi connectivity index (χ4n) is 3.86. The van der Waals surface area contributed by atoms with Crippen molar-refractivity contribution in [2.45, 2.75) is 44.6 Å². The maximum atomic E-state index is 12.3. The third kappa shape index (κ3) is 5.30. The molecule has 2 atom stereocenters. The first kappa shape index (κ1) is 17.9. The molecule has 1 N–H and O–H groups in total. The van der Waals surface area contributed by atoms with Crippen molar-refractivity contribution in [1.29, 1.82) is 0 Å². The number of hydrogen-bond donors (Lipinski definition) is 1. The second kappa shape index (κ2) is 8.99. The highest BCUT2D eigenvalue weighted by Crippen LogP contribution is 2.29. The van der Waals surface area contributed by atoms with Gasteiger partial charge in [0.1, 0.15) is 0 Å². The number of nitrogens with zero attached hydrogens (tertiary/aromatic N) is 1. The van der Waals surface area contributed by atoms with Gasteiger partial charge in [-0.05, 0) is 30.7 Å². The number of amides is 2. The first-order valence-electron chi connectivity index (χ1n) is 9.41. The summed E-state index contributed by atoms with van der Waals surface area (Å²) in [5.41, 5.74) is 1.33. The second-order valence-corrected chi connectivity index (χ2v) is 7.05. The third-order valence-corrected chi connectivity index (χ3v) is 5.28. The van der Waals surface area contributed by atoms with Crippen LogP contribution in [0.15, 0.2) is 30.3 Å². The minimum atomic E-state index is 0.00608. The number of rotatable bonds is 6. The Morgan fingerprint density at radius 2 is 1.84 bits per heavy atom. The fourth-order valence-corrected chi connectivity index (χ4v) is 3.86. The Bertz CT molecular complexity index is 570. The molecule has 1 saturated heterocycles. The van der Waals surface area contributed by atoms with Crippen LogP contribution in [0.1, 0.15) is 37.7 Å². The first-order chi connectivity index (χ1) is 12.2. The lowest BCUT2D eigenvalue weighted by atomic mass is 9.94. The highest BCUT2D eigenvalue weighted by atomic mass is 16.5. The molecule has 0 bridgehead atoms. The molecule has 0 radical (unpaired) electrons. The van der Waals surface area contributed by atoms with Crippen LogP contribution < -0.4 is 5.32 Å².